The molecule has 0 unspecified atom stereocenters. The van der Waals surface area contributed by atoms with E-state index in [1.165, 1.54) is 11.9 Å². The van der Waals surface area contributed by atoms with E-state index in [0.29, 0.717) is 24.0 Å². The van der Waals surface area contributed by atoms with E-state index in [-0.39, 0.29) is 30.7 Å². The van der Waals surface area contributed by atoms with E-state index in [2.05, 4.69) is 10.0 Å². The molecule has 2 fully saturated rings. The molecular formula is C31H37F6N7. The predicted octanol–water partition coefficient (Wildman–Crippen LogP) is 6.55. The molecular weight excluding hydrogens is 584 g/mol. The number of anilines is 1. The lowest BCUT2D eigenvalue weighted by Gasteiger charge is -2.30. The van der Waals surface area contributed by atoms with Crippen LogP contribution >= 0.6 is 0 Å². The number of hydrogen-bond donors (Lipinski definition) is 2. The van der Waals surface area contributed by atoms with Gasteiger partial charge >= 0.3 is 12.4 Å². The normalized spacial score (nSPS) is 16.0. The van der Waals surface area contributed by atoms with Gasteiger partial charge in [-0.1, -0.05) is 12.1 Å². The number of aromatic nitrogens is 1. The van der Waals surface area contributed by atoms with Gasteiger partial charge in [-0.3, -0.25) is 0 Å². The summed E-state index contributed by atoms with van der Waals surface area (Å²) in [5, 5.41) is 5.85. The lowest BCUT2D eigenvalue weighted by atomic mass is 10.0. The maximum Gasteiger partial charge on any atom is 0.416 e. The highest BCUT2D eigenvalue weighted by atomic mass is 19.4. The number of halogens is 6. The largest absolute Gasteiger partial charge is 0.416 e. The van der Waals surface area contributed by atoms with Crippen LogP contribution in [0, 0.1) is 25.7 Å². The Kier molecular flexibility index (Phi) is 8.63. The number of nitrogens with zero attached hydrogens (tertiary/aromatic N) is 5. The molecule has 0 aliphatic heterocycles. The number of fused-ring (bicyclic) bond motifs is 1. The van der Waals surface area contributed by atoms with Crippen molar-refractivity contribution in [2.24, 2.45) is 28.5 Å². The van der Waals surface area contributed by atoms with Crippen LogP contribution < -0.4 is 16.5 Å². The molecule has 0 amide bonds. The summed E-state index contributed by atoms with van der Waals surface area (Å²) in [7, 11) is 1.41. The highest BCUT2D eigenvalue weighted by Gasteiger charge is 2.37. The van der Waals surface area contributed by atoms with E-state index < -0.39 is 23.5 Å². The lowest BCUT2D eigenvalue weighted by molar-refractivity contribution is -0.143. The molecule has 0 radical (unpaired) electrons. The summed E-state index contributed by atoms with van der Waals surface area (Å²) >= 11 is 0. The van der Waals surface area contributed by atoms with Crippen LogP contribution in [0.15, 0.2) is 41.5 Å². The van der Waals surface area contributed by atoms with Crippen LogP contribution in [0.4, 0.5) is 32.2 Å². The molecule has 2 saturated carbocycles. The van der Waals surface area contributed by atoms with Crippen LogP contribution in [0.5, 0.6) is 0 Å². The molecule has 0 spiro atoms. The molecule has 4 N–H and O–H groups in total. The Morgan fingerprint density at radius 1 is 0.886 bits per heavy atom. The van der Waals surface area contributed by atoms with E-state index in [9.17, 15) is 26.3 Å². The molecule has 2 aliphatic rings. The molecule has 1 aromatic heterocycles. The van der Waals surface area contributed by atoms with E-state index in [0.717, 1.165) is 77.3 Å². The number of benzene rings is 2. The first-order valence-electron chi connectivity index (χ1n) is 14.6. The second-order valence-corrected chi connectivity index (χ2v) is 12.1. The Balaban J connectivity index is 1.61. The SMILES string of the molecule is Cc1ccc2cc(CN(Cc3cc(C(F)(F)F)cc(C(F)(F)F)c3)/C(N)=N/N(C)N)c(N(CC3CC3)CC3CC3)nc2c1C. The minimum atomic E-state index is -4.98. The van der Waals surface area contributed by atoms with Crippen molar-refractivity contribution in [3.8, 4) is 0 Å². The van der Waals surface area contributed by atoms with E-state index in [1.54, 1.807) is 0 Å². The quantitative estimate of drug-likeness (QED) is 0.0878. The fourth-order valence-electron chi connectivity index (χ4n) is 5.36. The molecule has 0 atom stereocenters. The van der Waals surface area contributed by atoms with Crippen LogP contribution in [0.1, 0.15) is 59.1 Å². The fraction of sp³-hybridized carbons (Fsp3) is 0.484. The average molecular weight is 622 g/mol. The molecule has 2 aromatic carbocycles. The summed E-state index contributed by atoms with van der Waals surface area (Å²) in [6.45, 7) is 5.32. The second kappa shape index (κ2) is 12.0. The number of rotatable bonds is 10. The summed E-state index contributed by atoms with van der Waals surface area (Å²) in [5.41, 5.74) is 7.01. The maximum absolute atomic E-state index is 13.7. The second-order valence-electron chi connectivity index (χ2n) is 12.1. The standard InChI is InChI=1S/C31H37F6N7/c1-18-4-9-23-12-24(28(40-27(23)19(18)2)43(14-20-5-6-20)15-21-7-8-21)17-44(29(38)41-42(3)39)16-22-10-25(30(32,33)34)13-26(11-22)31(35,36)37/h4,9-13,20-21H,5-8,14-17,39H2,1-3H3,(H2,38,41). The molecule has 3 aromatic rings. The highest BCUT2D eigenvalue weighted by Crippen LogP contribution is 2.39. The van der Waals surface area contributed by atoms with Crippen molar-refractivity contribution < 1.29 is 26.3 Å². The van der Waals surface area contributed by atoms with Gasteiger partial charge in [-0.2, -0.15) is 26.3 Å². The van der Waals surface area contributed by atoms with Crippen molar-refractivity contribution in [3.05, 3.63) is 69.8 Å². The number of hydrogen-bond acceptors (Lipinski definition) is 5. The van der Waals surface area contributed by atoms with Gasteiger partial charge in [-0.05, 0) is 92.3 Å². The summed E-state index contributed by atoms with van der Waals surface area (Å²) < 4.78 is 81.9. The predicted molar refractivity (Wildman–Crippen MR) is 158 cm³/mol. The van der Waals surface area contributed by atoms with Crippen molar-refractivity contribution in [1.29, 1.82) is 0 Å². The number of pyridine rings is 1. The zero-order chi connectivity index (χ0) is 32.0. The van der Waals surface area contributed by atoms with Gasteiger partial charge < -0.3 is 15.5 Å². The summed E-state index contributed by atoms with van der Waals surface area (Å²) in [6, 6.07) is 7.47. The minimum absolute atomic E-state index is 0.0256. The monoisotopic (exact) mass is 621 g/mol. The molecule has 1 heterocycles. The third-order valence-electron chi connectivity index (χ3n) is 8.18. The lowest BCUT2D eigenvalue weighted by Crippen LogP contribution is -2.40. The number of nitrogens with two attached hydrogens (primary N) is 2. The van der Waals surface area contributed by atoms with Gasteiger partial charge in [0.25, 0.3) is 0 Å². The first-order chi connectivity index (χ1) is 20.6. The van der Waals surface area contributed by atoms with Gasteiger partial charge in [0.2, 0.25) is 5.96 Å². The Labute approximate surface area is 252 Å². The molecule has 7 nitrogen and oxygen atoms in total. The summed E-state index contributed by atoms with van der Waals surface area (Å²) in [4.78, 5) is 8.88. The van der Waals surface area contributed by atoms with Gasteiger partial charge in [-0.25, -0.2) is 15.9 Å². The van der Waals surface area contributed by atoms with E-state index >= 15 is 0 Å². The zero-order valence-corrected chi connectivity index (χ0v) is 24.9. The number of alkyl halides is 6. The van der Waals surface area contributed by atoms with Crippen LogP contribution in [0.3, 0.4) is 0 Å². The van der Waals surface area contributed by atoms with Gasteiger partial charge in [-0.15, -0.1) is 5.10 Å². The van der Waals surface area contributed by atoms with E-state index in [4.69, 9.17) is 16.6 Å². The molecule has 5 rings (SSSR count). The van der Waals surface area contributed by atoms with Gasteiger partial charge in [0.15, 0.2) is 0 Å². The van der Waals surface area contributed by atoms with Crippen molar-refractivity contribution in [2.75, 3.05) is 25.0 Å². The number of aryl methyl sites for hydroxylation is 2. The van der Waals surface area contributed by atoms with Gasteiger partial charge in [0, 0.05) is 44.2 Å². The van der Waals surface area contributed by atoms with Crippen molar-refractivity contribution in [1.82, 2.24) is 15.0 Å². The fourth-order valence-corrected chi connectivity index (χ4v) is 5.36. The van der Waals surface area contributed by atoms with Gasteiger partial charge in [0.1, 0.15) is 5.82 Å². The van der Waals surface area contributed by atoms with E-state index in [1.807, 2.05) is 32.0 Å². The summed E-state index contributed by atoms with van der Waals surface area (Å²) in [5.74, 6) is 7.39. The molecule has 13 heteroatoms. The van der Waals surface area contributed by atoms with Crippen LogP contribution in [0.2, 0.25) is 0 Å². The topological polar surface area (TPSA) is 87.0 Å². The molecule has 0 saturated heterocycles. The van der Waals surface area contributed by atoms with Gasteiger partial charge in [0.05, 0.1) is 16.6 Å². The summed E-state index contributed by atoms with van der Waals surface area (Å²) in [6.07, 6.45) is -5.42. The average Bonchev–Trinajstić information content (AvgIpc) is 3.86. The van der Waals surface area contributed by atoms with Crippen LogP contribution in [0.25, 0.3) is 10.9 Å². The Morgan fingerprint density at radius 2 is 1.45 bits per heavy atom. The Hall–Kier alpha value is -3.74. The number of guanidine groups is 1. The highest BCUT2D eigenvalue weighted by molar-refractivity contribution is 5.86. The minimum Gasteiger partial charge on any atom is -0.368 e. The smallest absolute Gasteiger partial charge is 0.368 e. The Bertz CT molecular complexity index is 1490. The number of hydrazone groups is 1. The molecule has 238 valence electrons. The molecule has 44 heavy (non-hydrogen) atoms. The first-order valence-corrected chi connectivity index (χ1v) is 14.6. The zero-order valence-electron chi connectivity index (χ0n) is 24.9. The third-order valence-corrected chi connectivity index (χ3v) is 8.18. The number of hydrazine groups is 1. The third kappa shape index (κ3) is 7.66. The Morgan fingerprint density at radius 3 is 1.95 bits per heavy atom. The van der Waals surface area contributed by atoms with Crippen molar-refractivity contribution in [2.45, 2.75) is 65.0 Å². The molecule has 0 bridgehead atoms. The van der Waals surface area contributed by atoms with Crippen molar-refractivity contribution >= 4 is 22.7 Å². The maximum atomic E-state index is 13.7. The van der Waals surface area contributed by atoms with Crippen molar-refractivity contribution in [3.63, 3.8) is 0 Å². The van der Waals surface area contributed by atoms with Crippen LogP contribution in [-0.4, -0.2) is 41.1 Å². The first kappa shape index (κ1) is 31.7. The van der Waals surface area contributed by atoms with Crippen LogP contribution in [-0.2, 0) is 25.4 Å². The molecule has 2 aliphatic carbocycles.